The zero-order chi connectivity index (χ0) is 12.0. The molecular formula is C12H15BrN2O. The quantitative estimate of drug-likeness (QED) is 0.846. The largest absolute Gasteiger partial charge is 0.342 e. The smallest absolute Gasteiger partial charge is 0.268 e. The Morgan fingerprint density at radius 1 is 1.62 bits per heavy atom. The number of rotatable bonds is 4. The van der Waals surface area contributed by atoms with Crippen molar-refractivity contribution in [2.45, 2.75) is 26.8 Å². The Kier molecular flexibility index (Phi) is 5.13. The van der Waals surface area contributed by atoms with Crippen LogP contribution < -0.4 is 5.32 Å². The van der Waals surface area contributed by atoms with E-state index in [2.05, 4.69) is 40.0 Å². The van der Waals surface area contributed by atoms with Crippen LogP contribution >= 0.6 is 15.9 Å². The second-order valence-electron chi connectivity index (χ2n) is 3.35. The number of aryl methyl sites for hydroxylation is 1. The monoisotopic (exact) mass is 282 g/mol. The molecule has 4 heteroatoms. The van der Waals surface area contributed by atoms with Gasteiger partial charge in [-0.15, -0.1) is 5.92 Å². The Labute approximate surface area is 104 Å². The fourth-order valence-corrected chi connectivity index (χ4v) is 1.86. The fourth-order valence-electron chi connectivity index (χ4n) is 1.39. The van der Waals surface area contributed by atoms with Crippen molar-refractivity contribution in [1.29, 1.82) is 0 Å². The molecule has 1 rings (SSSR count). The van der Waals surface area contributed by atoms with Gasteiger partial charge in [0.25, 0.3) is 5.91 Å². The minimum atomic E-state index is -0.0816. The van der Waals surface area contributed by atoms with E-state index in [-0.39, 0.29) is 5.91 Å². The zero-order valence-electron chi connectivity index (χ0n) is 9.51. The van der Waals surface area contributed by atoms with Crippen molar-refractivity contribution in [3.05, 3.63) is 22.4 Å². The molecule has 1 aromatic heterocycles. The van der Waals surface area contributed by atoms with E-state index in [1.807, 2.05) is 16.8 Å². The van der Waals surface area contributed by atoms with Crippen LogP contribution in [0.2, 0.25) is 0 Å². The number of nitrogens with zero attached hydrogens (tertiary/aromatic N) is 1. The number of halogens is 1. The van der Waals surface area contributed by atoms with Crippen molar-refractivity contribution < 1.29 is 4.79 Å². The van der Waals surface area contributed by atoms with Crippen molar-refractivity contribution in [3.8, 4) is 11.8 Å². The first-order chi connectivity index (χ1) is 7.69. The van der Waals surface area contributed by atoms with Crippen LogP contribution in [0.1, 0.15) is 30.8 Å². The van der Waals surface area contributed by atoms with Gasteiger partial charge in [-0.25, -0.2) is 0 Å². The van der Waals surface area contributed by atoms with Crippen molar-refractivity contribution in [1.82, 2.24) is 9.88 Å². The maximum atomic E-state index is 11.8. The molecule has 0 radical (unpaired) electrons. The van der Waals surface area contributed by atoms with Gasteiger partial charge in [0.1, 0.15) is 5.69 Å². The van der Waals surface area contributed by atoms with Crippen LogP contribution in [0, 0.1) is 11.8 Å². The van der Waals surface area contributed by atoms with Crippen LogP contribution in [0.5, 0.6) is 0 Å². The van der Waals surface area contributed by atoms with E-state index in [0.29, 0.717) is 12.2 Å². The van der Waals surface area contributed by atoms with Crippen molar-refractivity contribution in [2.24, 2.45) is 0 Å². The van der Waals surface area contributed by atoms with Crippen LogP contribution in [0.25, 0.3) is 0 Å². The molecule has 0 unspecified atom stereocenters. The average molecular weight is 283 g/mol. The first kappa shape index (κ1) is 12.9. The van der Waals surface area contributed by atoms with Crippen LogP contribution in [-0.2, 0) is 6.54 Å². The summed E-state index contributed by atoms with van der Waals surface area (Å²) in [5, 5.41) is 2.76. The highest BCUT2D eigenvalue weighted by molar-refractivity contribution is 9.10. The third kappa shape index (κ3) is 3.42. The van der Waals surface area contributed by atoms with Gasteiger partial charge in [0.2, 0.25) is 0 Å². The molecule has 0 fully saturated rings. The number of hydrogen-bond donors (Lipinski definition) is 1. The summed E-state index contributed by atoms with van der Waals surface area (Å²) in [4.78, 5) is 11.8. The number of carbonyl (C=O) groups is 1. The minimum Gasteiger partial charge on any atom is -0.342 e. The lowest BCUT2D eigenvalue weighted by molar-refractivity contribution is 0.0949. The first-order valence-electron chi connectivity index (χ1n) is 5.22. The van der Waals surface area contributed by atoms with Gasteiger partial charge in [0, 0.05) is 17.2 Å². The van der Waals surface area contributed by atoms with E-state index in [1.165, 1.54) is 0 Å². The number of nitrogens with one attached hydrogen (secondary N) is 1. The third-order valence-corrected chi connectivity index (χ3v) is 2.51. The lowest BCUT2D eigenvalue weighted by Crippen LogP contribution is -2.26. The molecule has 1 aromatic rings. The Bertz CT molecular complexity index is 426. The molecule has 3 nitrogen and oxygen atoms in total. The summed E-state index contributed by atoms with van der Waals surface area (Å²) in [6.45, 7) is 5.07. The maximum Gasteiger partial charge on any atom is 0.268 e. The van der Waals surface area contributed by atoms with Gasteiger partial charge in [-0.3, -0.25) is 4.79 Å². The molecule has 1 amide bonds. The molecule has 1 N–H and O–H groups in total. The van der Waals surface area contributed by atoms with Gasteiger partial charge >= 0.3 is 0 Å². The summed E-state index contributed by atoms with van der Waals surface area (Å²) < 4.78 is 2.87. The molecule has 1 heterocycles. The summed E-state index contributed by atoms with van der Waals surface area (Å²) >= 11 is 3.37. The molecule has 0 bridgehead atoms. The number of aromatic nitrogens is 1. The highest BCUT2D eigenvalue weighted by Crippen LogP contribution is 2.15. The van der Waals surface area contributed by atoms with E-state index in [0.717, 1.165) is 17.4 Å². The molecule has 0 aliphatic rings. The molecule has 0 spiro atoms. The average Bonchev–Trinajstić information content (AvgIpc) is 2.60. The molecular weight excluding hydrogens is 268 g/mol. The number of hydrogen-bond acceptors (Lipinski definition) is 1. The van der Waals surface area contributed by atoms with Crippen LogP contribution in [0.3, 0.4) is 0 Å². The molecule has 16 heavy (non-hydrogen) atoms. The molecule has 0 aliphatic heterocycles. The van der Waals surface area contributed by atoms with Crippen molar-refractivity contribution in [3.63, 3.8) is 0 Å². The van der Waals surface area contributed by atoms with Crippen molar-refractivity contribution in [2.75, 3.05) is 6.54 Å². The SMILES string of the molecule is CC#CCNC(=O)c1cc(Br)cn1CCC. The Morgan fingerprint density at radius 2 is 2.38 bits per heavy atom. The molecule has 86 valence electrons. The highest BCUT2D eigenvalue weighted by atomic mass is 79.9. The second-order valence-corrected chi connectivity index (χ2v) is 4.26. The minimum absolute atomic E-state index is 0.0816. The van der Waals surface area contributed by atoms with Crippen LogP contribution in [-0.4, -0.2) is 17.0 Å². The zero-order valence-corrected chi connectivity index (χ0v) is 11.1. The van der Waals surface area contributed by atoms with Gasteiger partial charge in [0.05, 0.1) is 6.54 Å². The van der Waals surface area contributed by atoms with Gasteiger partial charge in [-0.2, -0.15) is 0 Å². The van der Waals surface area contributed by atoms with Crippen molar-refractivity contribution >= 4 is 21.8 Å². The number of amides is 1. The molecule has 0 aromatic carbocycles. The van der Waals surface area contributed by atoms with E-state index >= 15 is 0 Å². The van der Waals surface area contributed by atoms with Gasteiger partial charge in [0.15, 0.2) is 0 Å². The molecule has 0 saturated carbocycles. The summed E-state index contributed by atoms with van der Waals surface area (Å²) in [5.41, 5.74) is 0.673. The predicted molar refractivity (Wildman–Crippen MR) is 68.2 cm³/mol. The Hall–Kier alpha value is -1.21. The lowest BCUT2D eigenvalue weighted by Gasteiger charge is -2.06. The van der Waals surface area contributed by atoms with Gasteiger partial charge in [-0.05, 0) is 35.3 Å². The fraction of sp³-hybridized carbons (Fsp3) is 0.417. The van der Waals surface area contributed by atoms with Gasteiger partial charge < -0.3 is 9.88 Å². The Balaban J connectivity index is 2.75. The maximum absolute atomic E-state index is 11.8. The van der Waals surface area contributed by atoms with Crippen LogP contribution in [0.4, 0.5) is 0 Å². The van der Waals surface area contributed by atoms with E-state index < -0.39 is 0 Å². The second kappa shape index (κ2) is 6.39. The summed E-state index contributed by atoms with van der Waals surface area (Å²) in [6, 6.07) is 1.82. The predicted octanol–water partition coefficient (Wildman–Crippen LogP) is 2.41. The number of carbonyl (C=O) groups excluding carboxylic acids is 1. The summed E-state index contributed by atoms with van der Waals surface area (Å²) in [5.74, 6) is 5.46. The molecule has 0 aliphatic carbocycles. The third-order valence-electron chi connectivity index (χ3n) is 2.07. The molecule has 0 saturated heterocycles. The lowest BCUT2D eigenvalue weighted by atomic mass is 10.3. The van der Waals surface area contributed by atoms with E-state index in [9.17, 15) is 4.79 Å². The highest BCUT2D eigenvalue weighted by Gasteiger charge is 2.11. The first-order valence-corrected chi connectivity index (χ1v) is 6.01. The van der Waals surface area contributed by atoms with Gasteiger partial charge in [-0.1, -0.05) is 12.8 Å². The topological polar surface area (TPSA) is 34.0 Å². The van der Waals surface area contributed by atoms with E-state index in [4.69, 9.17) is 0 Å². The summed E-state index contributed by atoms with van der Waals surface area (Å²) in [6.07, 6.45) is 2.92. The van der Waals surface area contributed by atoms with Crippen LogP contribution in [0.15, 0.2) is 16.7 Å². The Morgan fingerprint density at radius 3 is 3.00 bits per heavy atom. The standard InChI is InChI=1S/C12H15BrN2O/c1-3-5-6-14-12(16)11-8-10(13)9-15(11)7-4-2/h8-9H,4,6-7H2,1-2H3,(H,14,16). The summed E-state index contributed by atoms with van der Waals surface area (Å²) in [7, 11) is 0. The normalized spacial score (nSPS) is 9.44. The molecule has 0 atom stereocenters. The van der Waals surface area contributed by atoms with E-state index in [1.54, 1.807) is 6.92 Å².